The average molecular weight is 593 g/mol. The van der Waals surface area contributed by atoms with Crippen molar-refractivity contribution in [1.29, 1.82) is 0 Å². The summed E-state index contributed by atoms with van der Waals surface area (Å²) in [7, 11) is 0. The lowest BCUT2D eigenvalue weighted by molar-refractivity contribution is 0.632. The molecule has 1 aliphatic rings. The molecule has 0 amide bonds. The molecule has 0 bridgehead atoms. The van der Waals surface area contributed by atoms with Gasteiger partial charge in [0.15, 0.2) is 17.5 Å². The molecule has 4 heteroatoms. The van der Waals surface area contributed by atoms with Gasteiger partial charge in [0.1, 0.15) is 0 Å². The van der Waals surface area contributed by atoms with Crippen LogP contribution >= 0.6 is 0 Å². The predicted molar refractivity (Wildman–Crippen MR) is 188 cm³/mol. The van der Waals surface area contributed by atoms with E-state index >= 15 is 0 Å². The predicted octanol–water partition coefficient (Wildman–Crippen LogP) is 10.6. The summed E-state index contributed by atoms with van der Waals surface area (Å²) < 4.78 is 0. The summed E-state index contributed by atoms with van der Waals surface area (Å²) in [6.07, 6.45) is 0. The maximum Gasteiger partial charge on any atom is 0.164 e. The van der Waals surface area contributed by atoms with E-state index in [2.05, 4.69) is 116 Å². The van der Waals surface area contributed by atoms with Crippen LogP contribution in [0.25, 0.3) is 45.3 Å². The van der Waals surface area contributed by atoms with Gasteiger partial charge in [-0.05, 0) is 52.6 Å². The third kappa shape index (κ3) is 4.85. The van der Waals surface area contributed by atoms with Crippen molar-refractivity contribution in [3.05, 3.63) is 169 Å². The lowest BCUT2D eigenvalue weighted by Crippen LogP contribution is -2.30. The monoisotopic (exact) mass is 592 g/mol. The summed E-state index contributed by atoms with van der Waals surface area (Å²) in [6, 6.07) is 55.0. The van der Waals surface area contributed by atoms with E-state index in [-0.39, 0.29) is 5.41 Å². The van der Waals surface area contributed by atoms with Gasteiger partial charge in [-0.3, -0.25) is 0 Å². The average Bonchev–Trinajstić information content (AvgIpc) is 3.13. The largest absolute Gasteiger partial charge is 0.310 e. The van der Waals surface area contributed by atoms with Crippen LogP contribution in [0.1, 0.15) is 25.0 Å². The molecule has 2 heterocycles. The third-order valence-corrected chi connectivity index (χ3v) is 8.92. The Kier molecular flexibility index (Phi) is 6.76. The number of nitrogens with zero attached hydrogens (tertiary/aromatic N) is 4. The molecular weight excluding hydrogens is 560 g/mol. The minimum absolute atomic E-state index is 0.167. The van der Waals surface area contributed by atoms with Gasteiger partial charge in [0.05, 0.1) is 11.4 Å². The van der Waals surface area contributed by atoms with Gasteiger partial charge in [0.25, 0.3) is 0 Å². The number of hydrogen-bond donors (Lipinski definition) is 0. The summed E-state index contributed by atoms with van der Waals surface area (Å²) >= 11 is 0. The Morgan fingerprint density at radius 3 is 1.41 bits per heavy atom. The zero-order valence-electron chi connectivity index (χ0n) is 25.8. The van der Waals surface area contributed by atoms with Gasteiger partial charge in [-0.1, -0.05) is 141 Å². The first-order chi connectivity index (χ1) is 22.6. The smallest absolute Gasteiger partial charge is 0.164 e. The fraction of sp³-hybridized carbons (Fsp3) is 0.0714. The second-order valence-electron chi connectivity index (χ2n) is 12.2. The lowest BCUT2D eigenvalue weighted by atomic mass is 9.73. The van der Waals surface area contributed by atoms with Crippen LogP contribution in [-0.4, -0.2) is 15.0 Å². The molecule has 0 unspecified atom stereocenters. The van der Waals surface area contributed by atoms with Crippen LogP contribution in [0.2, 0.25) is 0 Å². The number of anilines is 3. The highest BCUT2D eigenvalue weighted by Crippen LogP contribution is 2.52. The molecule has 4 nitrogen and oxygen atoms in total. The number of hydrogen-bond acceptors (Lipinski definition) is 4. The van der Waals surface area contributed by atoms with Crippen molar-refractivity contribution in [2.45, 2.75) is 19.3 Å². The van der Waals surface area contributed by atoms with Crippen molar-refractivity contribution < 1.29 is 0 Å². The Morgan fingerprint density at radius 2 is 0.826 bits per heavy atom. The fourth-order valence-corrected chi connectivity index (χ4v) is 6.49. The van der Waals surface area contributed by atoms with E-state index in [1.807, 2.05) is 60.7 Å². The van der Waals surface area contributed by atoms with Crippen LogP contribution in [0.3, 0.4) is 0 Å². The Morgan fingerprint density at radius 1 is 0.391 bits per heavy atom. The molecular formula is C42H32N4. The molecule has 0 atom stereocenters. The molecule has 0 aliphatic carbocycles. The molecule has 0 radical (unpaired) electrons. The molecule has 0 spiro atoms. The first-order valence-electron chi connectivity index (χ1n) is 15.6. The van der Waals surface area contributed by atoms with Gasteiger partial charge < -0.3 is 4.90 Å². The minimum atomic E-state index is -0.167. The molecule has 0 fully saturated rings. The summed E-state index contributed by atoms with van der Waals surface area (Å²) in [4.78, 5) is 17.0. The lowest BCUT2D eigenvalue weighted by Gasteiger charge is -2.42. The van der Waals surface area contributed by atoms with Crippen molar-refractivity contribution in [2.75, 3.05) is 4.90 Å². The van der Waals surface area contributed by atoms with E-state index in [1.54, 1.807) is 0 Å². The van der Waals surface area contributed by atoms with Crippen LogP contribution < -0.4 is 4.90 Å². The van der Waals surface area contributed by atoms with Crippen LogP contribution in [0, 0.1) is 0 Å². The molecule has 0 saturated heterocycles. The Labute approximate surface area is 269 Å². The van der Waals surface area contributed by atoms with Crippen LogP contribution in [0.4, 0.5) is 17.1 Å². The number of benzene rings is 6. The van der Waals surface area contributed by atoms with Crippen molar-refractivity contribution in [2.24, 2.45) is 0 Å². The van der Waals surface area contributed by atoms with E-state index in [4.69, 9.17) is 15.0 Å². The minimum Gasteiger partial charge on any atom is -0.310 e. The van der Waals surface area contributed by atoms with Crippen LogP contribution in [0.15, 0.2) is 158 Å². The van der Waals surface area contributed by atoms with Gasteiger partial charge >= 0.3 is 0 Å². The highest BCUT2D eigenvalue weighted by Gasteiger charge is 2.36. The summed E-state index contributed by atoms with van der Waals surface area (Å²) in [6.45, 7) is 4.66. The van der Waals surface area contributed by atoms with Crippen LogP contribution in [-0.2, 0) is 5.41 Å². The number of rotatable bonds is 5. The molecule has 1 aliphatic heterocycles. The SMILES string of the molecule is CC1(C)c2ccccc2N(c2ccccc2)c2ccc(-c3ccc(-c4nc(-c5ccccc5)nc(-c5ccccc5)n4)cc3)cc21. The molecule has 7 aromatic rings. The zero-order chi connectivity index (χ0) is 31.1. The van der Waals surface area contributed by atoms with Crippen molar-refractivity contribution in [1.82, 2.24) is 15.0 Å². The van der Waals surface area contributed by atoms with Gasteiger partial charge in [-0.25, -0.2) is 15.0 Å². The number of para-hydroxylation sites is 2. The standard InChI is InChI=1S/C42H32N4/c1-42(2)35-20-12-13-21-37(35)46(34-18-10-5-11-19-34)38-27-26-33(28-36(38)42)29-22-24-32(25-23-29)41-44-39(30-14-6-3-7-15-30)43-40(45-41)31-16-8-4-9-17-31/h3-28H,1-2H3. The third-order valence-electron chi connectivity index (χ3n) is 8.92. The van der Waals surface area contributed by atoms with E-state index in [0.29, 0.717) is 17.5 Å². The molecule has 0 N–H and O–H groups in total. The Balaban J connectivity index is 1.19. The van der Waals surface area contributed by atoms with Gasteiger partial charge in [-0.2, -0.15) is 0 Å². The van der Waals surface area contributed by atoms with E-state index in [0.717, 1.165) is 27.9 Å². The Hall–Kier alpha value is -5.87. The zero-order valence-corrected chi connectivity index (χ0v) is 25.8. The number of fused-ring (bicyclic) bond motifs is 2. The van der Waals surface area contributed by atoms with E-state index < -0.39 is 0 Å². The van der Waals surface area contributed by atoms with E-state index in [1.165, 1.54) is 28.1 Å². The van der Waals surface area contributed by atoms with Gasteiger partial charge in [-0.15, -0.1) is 0 Å². The van der Waals surface area contributed by atoms with Crippen molar-refractivity contribution in [3.8, 4) is 45.3 Å². The maximum absolute atomic E-state index is 4.91. The highest BCUT2D eigenvalue weighted by atomic mass is 15.2. The second-order valence-corrected chi connectivity index (χ2v) is 12.2. The van der Waals surface area contributed by atoms with Crippen molar-refractivity contribution in [3.63, 3.8) is 0 Å². The molecule has 8 rings (SSSR count). The molecule has 46 heavy (non-hydrogen) atoms. The molecule has 6 aromatic carbocycles. The topological polar surface area (TPSA) is 41.9 Å². The Bertz CT molecular complexity index is 2100. The van der Waals surface area contributed by atoms with Gasteiger partial charge in [0.2, 0.25) is 0 Å². The molecule has 1 aromatic heterocycles. The molecule has 220 valence electrons. The maximum atomic E-state index is 4.91. The van der Waals surface area contributed by atoms with E-state index in [9.17, 15) is 0 Å². The first-order valence-corrected chi connectivity index (χ1v) is 15.6. The highest BCUT2D eigenvalue weighted by molar-refractivity contribution is 5.87. The quantitative estimate of drug-likeness (QED) is 0.199. The fourth-order valence-electron chi connectivity index (χ4n) is 6.49. The number of aromatic nitrogens is 3. The van der Waals surface area contributed by atoms with Crippen molar-refractivity contribution >= 4 is 17.1 Å². The summed E-state index contributed by atoms with van der Waals surface area (Å²) in [5, 5.41) is 0. The first kappa shape index (κ1) is 27.7. The van der Waals surface area contributed by atoms with Crippen LogP contribution in [0.5, 0.6) is 0 Å². The summed E-state index contributed by atoms with van der Waals surface area (Å²) in [5.74, 6) is 1.98. The second kappa shape index (κ2) is 11.2. The van der Waals surface area contributed by atoms with Gasteiger partial charge in [0, 0.05) is 27.8 Å². The normalized spacial score (nSPS) is 13.1. The molecule has 0 saturated carbocycles. The summed E-state index contributed by atoms with van der Waals surface area (Å²) in [5.41, 5.74) is 11.2.